The van der Waals surface area contributed by atoms with E-state index in [-0.39, 0.29) is 5.28 Å². The summed E-state index contributed by atoms with van der Waals surface area (Å²) >= 11 is 6.02. The summed E-state index contributed by atoms with van der Waals surface area (Å²) in [5, 5.41) is 22.7. The lowest BCUT2D eigenvalue weighted by Gasteiger charge is -2.11. The van der Waals surface area contributed by atoms with Gasteiger partial charge in [-0.25, -0.2) is 9.97 Å². The molecule has 0 saturated heterocycles. The third-order valence-electron chi connectivity index (χ3n) is 18.8. The molecule has 0 aliphatic heterocycles. The summed E-state index contributed by atoms with van der Waals surface area (Å²) in [5.74, 6) is 0.550. The van der Waals surface area contributed by atoms with Gasteiger partial charge in [0, 0.05) is 65.0 Å². The van der Waals surface area contributed by atoms with Crippen LogP contribution in [0.2, 0.25) is 5.28 Å². The summed E-state index contributed by atoms with van der Waals surface area (Å²) in [6.45, 7) is 0. The van der Waals surface area contributed by atoms with Gasteiger partial charge >= 0.3 is 0 Å². The van der Waals surface area contributed by atoms with Crippen LogP contribution in [0.3, 0.4) is 0 Å². The van der Waals surface area contributed by atoms with E-state index in [4.69, 9.17) is 39.2 Å². The van der Waals surface area contributed by atoms with Gasteiger partial charge in [0.2, 0.25) is 22.7 Å². The Balaban J connectivity index is 0.000000109. The highest BCUT2D eigenvalue weighted by Crippen LogP contribution is 2.46. The second-order valence-electron chi connectivity index (χ2n) is 24.1. The van der Waals surface area contributed by atoms with Crippen molar-refractivity contribution in [3.05, 3.63) is 284 Å². The van der Waals surface area contributed by atoms with Gasteiger partial charge in [0.25, 0.3) is 0 Å². The van der Waals surface area contributed by atoms with Gasteiger partial charge in [-0.1, -0.05) is 218 Å². The van der Waals surface area contributed by atoms with Crippen molar-refractivity contribution in [3.63, 3.8) is 0 Å². The van der Waals surface area contributed by atoms with Gasteiger partial charge in [0.15, 0.2) is 0 Å². The molecule has 0 saturated carbocycles. The molecule has 0 fully saturated rings. The molecule has 0 bridgehead atoms. The average molecular weight is 1240 g/mol. The molecule has 8 aromatic heterocycles. The number of hydrogen-bond acceptors (Lipinski definition) is 8. The van der Waals surface area contributed by atoms with Gasteiger partial charge < -0.3 is 22.7 Å². The van der Waals surface area contributed by atoms with Crippen molar-refractivity contribution in [2.24, 2.45) is 0 Å². The minimum atomic E-state index is 0.190. The first-order chi connectivity index (χ1) is 47.0. The smallest absolute Gasteiger partial charge is 0.238 e. The van der Waals surface area contributed by atoms with Crippen LogP contribution < -0.4 is 0 Å². The maximum absolute atomic E-state index is 6.57. The van der Waals surface area contributed by atoms with E-state index in [0.717, 1.165) is 137 Å². The van der Waals surface area contributed by atoms with Crippen molar-refractivity contribution >= 4 is 186 Å². The second-order valence-corrected chi connectivity index (χ2v) is 24.5. The van der Waals surface area contributed by atoms with Gasteiger partial charge in [-0.05, 0) is 105 Å². The van der Waals surface area contributed by atoms with E-state index in [1.807, 2.05) is 91.0 Å². The molecule has 1 N–H and O–H groups in total. The second kappa shape index (κ2) is 20.7. The minimum absolute atomic E-state index is 0.190. The van der Waals surface area contributed by atoms with Crippen molar-refractivity contribution in [2.45, 2.75) is 0 Å². The first-order valence-electron chi connectivity index (χ1n) is 31.5. The van der Waals surface area contributed by atoms with Gasteiger partial charge in [-0.2, -0.15) is 9.97 Å². The molecule has 95 heavy (non-hydrogen) atoms. The third kappa shape index (κ3) is 8.24. The number of benzene rings is 14. The number of nitrogens with zero attached hydrogens (tertiary/aromatic N) is 5. The summed E-state index contributed by atoms with van der Waals surface area (Å²) in [4.78, 5) is 23.0. The van der Waals surface area contributed by atoms with Crippen LogP contribution in [0, 0.1) is 0 Å². The third-order valence-corrected chi connectivity index (χ3v) is 19.0. The van der Waals surface area contributed by atoms with E-state index in [1.54, 1.807) is 0 Å². The number of rotatable bonds is 3. The Bertz CT molecular complexity index is 6940. The van der Waals surface area contributed by atoms with E-state index in [1.165, 1.54) is 48.6 Å². The number of aromatic nitrogens is 6. The number of aromatic amines is 1. The van der Waals surface area contributed by atoms with E-state index >= 15 is 0 Å². The molecular weight excluding hydrogens is 1190 g/mol. The molecule has 0 aliphatic carbocycles. The van der Waals surface area contributed by atoms with E-state index < -0.39 is 0 Å². The van der Waals surface area contributed by atoms with Crippen molar-refractivity contribution < 1.29 is 17.7 Å². The Hall–Kier alpha value is -12.6. The number of hydrogen-bond donors (Lipinski definition) is 1. The number of nitrogens with one attached hydrogen (secondary N) is 1. The van der Waals surface area contributed by atoms with Crippen LogP contribution in [-0.4, -0.2) is 29.5 Å². The fourth-order valence-corrected chi connectivity index (χ4v) is 14.8. The summed E-state index contributed by atoms with van der Waals surface area (Å²) < 4.78 is 27.3. The highest BCUT2D eigenvalue weighted by molar-refractivity contribution is 6.31. The van der Waals surface area contributed by atoms with Crippen molar-refractivity contribution in [3.8, 4) is 28.5 Å². The molecule has 8 heterocycles. The first kappa shape index (κ1) is 53.1. The predicted octanol–water partition coefficient (Wildman–Crippen LogP) is 23.6. The quantitative estimate of drug-likeness (QED) is 0.173. The number of para-hydroxylation sites is 2. The topological polar surface area (TPSA) is 125 Å². The Kier molecular flexibility index (Phi) is 11.6. The summed E-state index contributed by atoms with van der Waals surface area (Å²) in [6.07, 6.45) is 0. The van der Waals surface area contributed by atoms with Gasteiger partial charge in [0.1, 0.15) is 33.5 Å². The fraction of sp³-hybridized carbons (Fsp3) is 0. The van der Waals surface area contributed by atoms with Crippen molar-refractivity contribution in [1.29, 1.82) is 0 Å². The van der Waals surface area contributed by atoms with Gasteiger partial charge in [-0.3, -0.25) is 4.57 Å². The van der Waals surface area contributed by atoms with Crippen LogP contribution in [-0.2, 0) is 0 Å². The Morgan fingerprint density at radius 2 is 0.716 bits per heavy atom. The zero-order chi connectivity index (χ0) is 62.4. The molecular formula is C84H47ClN6O4. The maximum Gasteiger partial charge on any atom is 0.238 e. The fourth-order valence-electron chi connectivity index (χ4n) is 14.6. The standard InChI is InChI=1S/C42H23N3O2.C26H15NO.C16H9ClN2O/c1-2-11-25(12-3-1)38-37-31-16-8-9-17-33(31)47-41(37)44-42(43-38)45-39-28-15-7-6-10-24(28)18-19-29(39)30-20-21-34-36(40(30)45)32-22-26-13-4-5-14-27(26)23-35(32)46-34;1-2-7-17-14-23-21(13-16(17)6-1)24-22(28-23)12-11-20-19-10-9-15-5-3-4-8-18(15)25(19)27-26(20)24;17-16-18-14(10-6-2-1-3-7-10)13-11-8-4-5-9-12(11)20-15(13)19-16/h1-23H;1-14,27H;1-9H. The number of H-pyrrole nitrogens is 1. The molecule has 11 heteroatoms. The van der Waals surface area contributed by atoms with Crippen LogP contribution in [0.15, 0.2) is 297 Å². The normalized spacial score (nSPS) is 12.1. The van der Waals surface area contributed by atoms with Crippen molar-refractivity contribution in [2.75, 3.05) is 0 Å². The zero-order valence-corrected chi connectivity index (χ0v) is 51.1. The Labute approximate surface area is 543 Å². The molecule has 22 aromatic rings. The van der Waals surface area contributed by atoms with Crippen LogP contribution in [0.5, 0.6) is 0 Å². The zero-order valence-electron chi connectivity index (χ0n) is 50.3. The molecule has 0 atom stereocenters. The highest BCUT2D eigenvalue weighted by atomic mass is 35.5. The van der Waals surface area contributed by atoms with Gasteiger partial charge in [0.05, 0.1) is 55.0 Å². The predicted molar refractivity (Wildman–Crippen MR) is 389 cm³/mol. The monoisotopic (exact) mass is 1240 g/mol. The molecule has 22 rings (SSSR count). The lowest BCUT2D eigenvalue weighted by atomic mass is 10.0. The van der Waals surface area contributed by atoms with E-state index in [9.17, 15) is 0 Å². The van der Waals surface area contributed by atoms with Crippen LogP contribution in [0.25, 0.3) is 203 Å². The molecule has 0 aliphatic rings. The lowest BCUT2D eigenvalue weighted by molar-refractivity contribution is 0.651. The summed E-state index contributed by atoms with van der Waals surface area (Å²) in [5.41, 5.74) is 14.2. The molecule has 0 amide bonds. The number of fused-ring (bicyclic) bond motifs is 26. The highest BCUT2D eigenvalue weighted by Gasteiger charge is 2.26. The number of furan rings is 4. The number of halogens is 1. The summed E-state index contributed by atoms with van der Waals surface area (Å²) in [7, 11) is 0. The van der Waals surface area contributed by atoms with Crippen molar-refractivity contribution in [1.82, 2.24) is 29.5 Å². The first-order valence-corrected chi connectivity index (χ1v) is 31.9. The molecule has 0 spiro atoms. The molecule has 10 nitrogen and oxygen atoms in total. The minimum Gasteiger partial charge on any atom is -0.456 e. The Morgan fingerprint density at radius 3 is 1.34 bits per heavy atom. The van der Waals surface area contributed by atoms with Gasteiger partial charge in [-0.15, -0.1) is 0 Å². The molecule has 14 aromatic carbocycles. The SMILES string of the molecule is Clc1nc(-c2ccccc2)c2c(n1)oc1ccccc12.c1ccc(-c2nc(-n3c4c5ccccc5ccc4c4ccc5oc6cc7ccccc7cc6c5c43)nc3oc4ccccc4c23)cc1.c1ccc2cc3c(cc2c1)oc1ccc2c4ccc5ccccc5c4[nH]c2c13. The molecule has 0 unspecified atom stereocenters. The summed E-state index contributed by atoms with van der Waals surface area (Å²) in [6, 6.07) is 96.2. The average Bonchev–Trinajstić information content (AvgIpc) is 1.55. The molecule has 0 radical (unpaired) electrons. The Morgan fingerprint density at radius 1 is 0.274 bits per heavy atom. The van der Waals surface area contributed by atoms with E-state index in [2.05, 4.69) is 208 Å². The lowest BCUT2D eigenvalue weighted by Crippen LogP contribution is -2.03. The van der Waals surface area contributed by atoms with E-state index in [0.29, 0.717) is 17.4 Å². The van der Waals surface area contributed by atoms with Crippen LogP contribution in [0.4, 0.5) is 0 Å². The largest absolute Gasteiger partial charge is 0.456 e. The van der Waals surface area contributed by atoms with Crippen LogP contribution >= 0.6 is 11.6 Å². The maximum atomic E-state index is 6.57. The molecule has 444 valence electrons. The van der Waals surface area contributed by atoms with Crippen LogP contribution in [0.1, 0.15) is 0 Å².